The lowest BCUT2D eigenvalue weighted by molar-refractivity contribution is -0.143. The zero-order valence-corrected chi connectivity index (χ0v) is 52.7. The van der Waals surface area contributed by atoms with Gasteiger partial charge in [-0.3, -0.25) is 9.59 Å². The number of hydrogen-bond donors (Lipinski definition) is 3. The molecule has 0 aromatic carbocycles. The van der Waals surface area contributed by atoms with Crippen LogP contribution in [0.4, 0.5) is 0 Å². The molecule has 2 unspecified atom stereocenters. The van der Waals surface area contributed by atoms with Crippen LogP contribution >= 0.6 is 0 Å². The van der Waals surface area contributed by atoms with Gasteiger partial charge in [0.2, 0.25) is 5.91 Å². The lowest BCUT2D eigenvalue weighted by Gasteiger charge is -2.22. The van der Waals surface area contributed by atoms with Crippen molar-refractivity contribution in [2.24, 2.45) is 0 Å². The zero-order valence-electron chi connectivity index (χ0n) is 52.7. The summed E-state index contributed by atoms with van der Waals surface area (Å²) in [6.45, 7) is 5.01. The average molecular weight is 1090 g/mol. The summed E-state index contributed by atoms with van der Waals surface area (Å²) >= 11 is 0. The second-order valence-electron chi connectivity index (χ2n) is 24.9. The van der Waals surface area contributed by atoms with Gasteiger partial charge < -0.3 is 20.3 Å². The quantitative estimate of drug-likeness (QED) is 0.0417. The molecule has 0 aromatic heterocycles. The maximum absolute atomic E-state index is 12.6. The van der Waals surface area contributed by atoms with Crippen LogP contribution in [-0.2, 0) is 14.3 Å². The molecule has 6 nitrogen and oxygen atoms in total. The number of esters is 1. The summed E-state index contributed by atoms with van der Waals surface area (Å²) in [6.07, 6.45) is 81.5. The Bertz CT molecular complexity index is 1120. The highest BCUT2D eigenvalue weighted by Gasteiger charge is 2.20. The monoisotopic (exact) mass is 1090 g/mol. The van der Waals surface area contributed by atoms with E-state index in [1.165, 1.54) is 347 Å². The predicted molar refractivity (Wildman–Crippen MR) is 338 cm³/mol. The molecule has 0 bridgehead atoms. The lowest BCUT2D eigenvalue weighted by Crippen LogP contribution is -2.45. The summed E-state index contributed by atoms with van der Waals surface area (Å²) in [4.78, 5) is 24.6. The Hall–Kier alpha value is -1.14. The molecule has 0 aliphatic carbocycles. The molecule has 0 rings (SSSR count). The third-order valence-corrected chi connectivity index (χ3v) is 17.2. The number of aliphatic hydroxyl groups excluding tert-OH is 2. The molecule has 6 heteroatoms. The second kappa shape index (κ2) is 67.4. The Morgan fingerprint density at radius 1 is 0.312 bits per heavy atom. The smallest absolute Gasteiger partial charge is 0.305 e. The molecule has 77 heavy (non-hydrogen) atoms. The lowest BCUT2D eigenvalue weighted by atomic mass is 10.0. The standard InChI is InChI=1S/C71H141NO5/c1-3-5-7-9-11-13-15-17-19-20-21-22-26-29-32-36-39-43-47-51-55-59-63-69(74)68(67-73)72-70(75)64-60-56-52-48-44-40-37-33-30-27-24-23-25-28-31-34-38-42-46-50-54-58-62-66-77-71(76)65-61-57-53-49-45-41-35-18-16-14-12-10-8-6-4-2/h68-69,73-74H,3-67H2,1-2H3,(H,72,75). The predicted octanol–water partition coefficient (Wildman–Crippen LogP) is 23.0. The molecule has 0 saturated heterocycles. The van der Waals surface area contributed by atoms with Crippen LogP contribution in [-0.4, -0.2) is 47.4 Å². The minimum absolute atomic E-state index is 0.0189. The highest BCUT2D eigenvalue weighted by Crippen LogP contribution is 2.20. The van der Waals surface area contributed by atoms with Crippen molar-refractivity contribution >= 4 is 11.9 Å². The SMILES string of the molecule is CCCCCCCCCCCCCCCCCCCCCCCCC(O)C(CO)NC(=O)CCCCCCCCCCCCCCCCCCCCCCCCCOC(=O)CCCCCCCCCCCCCCCCC. The minimum atomic E-state index is -0.664. The molecule has 0 spiro atoms. The molecular weight excluding hydrogens is 947 g/mol. The van der Waals surface area contributed by atoms with Gasteiger partial charge >= 0.3 is 5.97 Å². The Kier molecular flexibility index (Phi) is 66.4. The number of unbranched alkanes of at least 4 members (excludes halogenated alkanes) is 57. The van der Waals surface area contributed by atoms with Crippen molar-refractivity contribution in [2.75, 3.05) is 13.2 Å². The van der Waals surface area contributed by atoms with Gasteiger partial charge in [0.05, 0.1) is 25.4 Å². The summed E-state index contributed by atoms with van der Waals surface area (Å²) < 4.78 is 5.50. The molecule has 0 fully saturated rings. The summed E-state index contributed by atoms with van der Waals surface area (Å²) in [5.41, 5.74) is 0. The van der Waals surface area contributed by atoms with Crippen LogP contribution in [0.3, 0.4) is 0 Å². The van der Waals surface area contributed by atoms with E-state index >= 15 is 0 Å². The summed E-state index contributed by atoms with van der Waals surface area (Å²) in [7, 11) is 0. The van der Waals surface area contributed by atoms with Crippen LogP contribution in [0, 0.1) is 0 Å². The number of amides is 1. The fraction of sp³-hybridized carbons (Fsp3) is 0.972. The Labute approximate surface area is 483 Å². The average Bonchev–Trinajstić information content (AvgIpc) is 3.43. The van der Waals surface area contributed by atoms with Gasteiger partial charge in [0.15, 0.2) is 0 Å². The van der Waals surface area contributed by atoms with E-state index in [0.29, 0.717) is 25.9 Å². The fourth-order valence-electron chi connectivity index (χ4n) is 11.7. The van der Waals surface area contributed by atoms with Gasteiger partial charge in [0.1, 0.15) is 0 Å². The van der Waals surface area contributed by atoms with E-state index in [1.807, 2.05) is 0 Å². The first-order valence-electron chi connectivity index (χ1n) is 35.8. The van der Waals surface area contributed by atoms with Crippen LogP contribution < -0.4 is 5.32 Å². The van der Waals surface area contributed by atoms with Crippen LogP contribution in [0.2, 0.25) is 0 Å². The molecular formula is C71H141NO5. The molecule has 460 valence electrons. The van der Waals surface area contributed by atoms with Gasteiger partial charge in [-0.2, -0.15) is 0 Å². The van der Waals surface area contributed by atoms with Gasteiger partial charge in [-0.15, -0.1) is 0 Å². The largest absolute Gasteiger partial charge is 0.466 e. The number of carbonyl (C=O) groups is 2. The topological polar surface area (TPSA) is 95.9 Å². The molecule has 0 aliphatic rings. The normalized spacial score (nSPS) is 12.4. The van der Waals surface area contributed by atoms with Crippen molar-refractivity contribution in [3.63, 3.8) is 0 Å². The maximum Gasteiger partial charge on any atom is 0.305 e. The Balaban J connectivity index is 3.36. The Morgan fingerprint density at radius 2 is 0.532 bits per heavy atom. The third kappa shape index (κ3) is 63.9. The van der Waals surface area contributed by atoms with Crippen molar-refractivity contribution in [2.45, 2.75) is 431 Å². The van der Waals surface area contributed by atoms with Crippen LogP contribution in [0.1, 0.15) is 418 Å². The zero-order chi connectivity index (χ0) is 55.7. The van der Waals surface area contributed by atoms with Gasteiger partial charge in [-0.1, -0.05) is 380 Å². The van der Waals surface area contributed by atoms with Crippen LogP contribution in [0.5, 0.6) is 0 Å². The fourth-order valence-corrected chi connectivity index (χ4v) is 11.7. The van der Waals surface area contributed by atoms with Crippen molar-refractivity contribution in [1.29, 1.82) is 0 Å². The van der Waals surface area contributed by atoms with E-state index in [9.17, 15) is 19.8 Å². The number of nitrogens with one attached hydrogen (secondary N) is 1. The maximum atomic E-state index is 12.6. The number of hydrogen-bond acceptors (Lipinski definition) is 5. The second-order valence-corrected chi connectivity index (χ2v) is 24.9. The molecule has 2 atom stereocenters. The van der Waals surface area contributed by atoms with Crippen molar-refractivity contribution in [1.82, 2.24) is 5.32 Å². The summed E-state index contributed by atoms with van der Waals surface area (Å²) in [6, 6.07) is -0.541. The first-order valence-corrected chi connectivity index (χ1v) is 35.8. The molecule has 0 radical (unpaired) electrons. The minimum Gasteiger partial charge on any atom is -0.466 e. The van der Waals surface area contributed by atoms with E-state index < -0.39 is 12.1 Å². The highest BCUT2D eigenvalue weighted by atomic mass is 16.5. The molecule has 0 aromatic rings. The number of carbonyl (C=O) groups excluding carboxylic acids is 2. The number of ether oxygens (including phenoxy) is 1. The molecule has 1 amide bonds. The van der Waals surface area contributed by atoms with E-state index in [4.69, 9.17) is 4.74 Å². The van der Waals surface area contributed by atoms with Crippen molar-refractivity contribution in [3.05, 3.63) is 0 Å². The van der Waals surface area contributed by atoms with Crippen LogP contribution in [0.15, 0.2) is 0 Å². The van der Waals surface area contributed by atoms with Crippen molar-refractivity contribution in [3.8, 4) is 0 Å². The number of aliphatic hydroxyl groups is 2. The van der Waals surface area contributed by atoms with E-state index in [2.05, 4.69) is 19.2 Å². The summed E-state index contributed by atoms with van der Waals surface area (Å²) in [5.74, 6) is -0.00978. The van der Waals surface area contributed by atoms with Crippen LogP contribution in [0.25, 0.3) is 0 Å². The van der Waals surface area contributed by atoms with Gasteiger partial charge in [-0.05, 0) is 25.7 Å². The van der Waals surface area contributed by atoms with E-state index in [1.54, 1.807) is 0 Å². The molecule has 3 N–H and O–H groups in total. The molecule has 0 aliphatic heterocycles. The first-order chi connectivity index (χ1) is 38.0. The first kappa shape index (κ1) is 75.9. The van der Waals surface area contributed by atoms with Gasteiger partial charge in [0.25, 0.3) is 0 Å². The van der Waals surface area contributed by atoms with Gasteiger partial charge in [0, 0.05) is 12.8 Å². The van der Waals surface area contributed by atoms with E-state index in [-0.39, 0.29) is 18.5 Å². The molecule has 0 heterocycles. The summed E-state index contributed by atoms with van der Waals surface area (Å²) in [5, 5.41) is 23.4. The van der Waals surface area contributed by atoms with Gasteiger partial charge in [-0.25, -0.2) is 0 Å². The van der Waals surface area contributed by atoms with E-state index in [0.717, 1.165) is 38.5 Å². The molecule has 0 saturated carbocycles. The third-order valence-electron chi connectivity index (χ3n) is 17.2. The Morgan fingerprint density at radius 3 is 0.792 bits per heavy atom. The number of rotatable bonds is 68. The highest BCUT2D eigenvalue weighted by molar-refractivity contribution is 5.76. The van der Waals surface area contributed by atoms with Crippen molar-refractivity contribution < 1.29 is 24.5 Å².